The van der Waals surface area contributed by atoms with Crippen molar-refractivity contribution >= 4 is 9.05 Å². The first-order valence-corrected chi connectivity index (χ1v) is 13.8. The summed E-state index contributed by atoms with van der Waals surface area (Å²) >= 11 is 0. The smallest absolute Gasteiger partial charge is 0.355 e. The fourth-order valence-corrected chi connectivity index (χ4v) is 5.03. The summed E-state index contributed by atoms with van der Waals surface area (Å²) in [7, 11) is 0.340. The molecule has 0 aliphatic rings. The third-order valence-electron chi connectivity index (χ3n) is 5.35. The Hall–Kier alpha value is 0.0569. The van der Waals surface area contributed by atoms with Gasteiger partial charge in [0.15, 0.2) is 0 Å². The first-order chi connectivity index (χ1) is 13.7. The number of rotatable bonds is 23. The van der Waals surface area contributed by atoms with E-state index < -0.39 is 9.05 Å². The Labute approximate surface area is 177 Å². The van der Waals surface area contributed by atoms with Crippen LogP contribution in [0.4, 0.5) is 0 Å². The third kappa shape index (κ3) is 17.0. The van der Waals surface area contributed by atoms with Crippen LogP contribution in [0.3, 0.4) is 0 Å². The fraction of sp³-hybridized carbons (Fsp3) is 1.00. The Bertz CT molecular complexity index is 298. The molecule has 0 bridgehead atoms. The number of hydrogen-bond acceptors (Lipinski definition) is 4. The molecular weight excluding hydrogens is 368 g/mol. The second kappa shape index (κ2) is 21.8. The number of unbranched alkanes of at least 4 members (excludes halogenated alkanes) is 16. The standard InChI is InChI=1S/C23H50O4Si/c1-5-7-8-9-10-11-12-13-14-15-16-17-18-19-20-21-22-23-27-28(24-3,25-4)26-6-2/h5-23H2,1-4H3. The molecule has 0 heterocycles. The molecule has 0 amide bonds. The van der Waals surface area contributed by atoms with Crippen LogP contribution in [0.15, 0.2) is 0 Å². The van der Waals surface area contributed by atoms with E-state index in [1.807, 2.05) is 6.92 Å². The molecule has 0 aromatic heterocycles. The van der Waals surface area contributed by atoms with E-state index >= 15 is 0 Å². The second-order valence-corrected chi connectivity index (χ2v) is 10.2. The quantitative estimate of drug-likeness (QED) is 0.128. The van der Waals surface area contributed by atoms with Crippen LogP contribution in [0.2, 0.25) is 0 Å². The molecule has 5 heteroatoms. The van der Waals surface area contributed by atoms with Crippen molar-refractivity contribution < 1.29 is 17.7 Å². The first-order valence-electron chi connectivity index (χ1n) is 12.1. The number of hydrogen-bond donors (Lipinski definition) is 0. The summed E-state index contributed by atoms with van der Waals surface area (Å²) in [5.41, 5.74) is 0. The second-order valence-electron chi connectivity index (χ2n) is 7.85. The normalized spacial score (nSPS) is 12.0. The van der Waals surface area contributed by atoms with E-state index in [2.05, 4.69) is 6.92 Å². The van der Waals surface area contributed by atoms with Crippen LogP contribution in [0.1, 0.15) is 123 Å². The van der Waals surface area contributed by atoms with Gasteiger partial charge in [-0.3, -0.25) is 0 Å². The van der Waals surface area contributed by atoms with Crippen molar-refractivity contribution in [2.24, 2.45) is 0 Å². The van der Waals surface area contributed by atoms with Crippen molar-refractivity contribution in [3.05, 3.63) is 0 Å². The van der Waals surface area contributed by atoms with Gasteiger partial charge in [0.1, 0.15) is 0 Å². The summed E-state index contributed by atoms with van der Waals surface area (Å²) in [6, 6.07) is 0. The lowest BCUT2D eigenvalue weighted by molar-refractivity contribution is -0.00671. The summed E-state index contributed by atoms with van der Waals surface area (Å²) in [5, 5.41) is 0. The Balaban J connectivity index is 3.25. The minimum Gasteiger partial charge on any atom is -0.355 e. The van der Waals surface area contributed by atoms with Crippen molar-refractivity contribution in [3.8, 4) is 0 Å². The minimum atomic E-state index is -2.85. The van der Waals surface area contributed by atoms with E-state index in [1.54, 1.807) is 14.2 Å². The molecule has 4 nitrogen and oxygen atoms in total. The summed E-state index contributed by atoms with van der Waals surface area (Å²) < 4.78 is 22.0. The summed E-state index contributed by atoms with van der Waals surface area (Å²) in [5.74, 6) is 0. The van der Waals surface area contributed by atoms with Gasteiger partial charge in [-0.15, -0.1) is 0 Å². The topological polar surface area (TPSA) is 36.9 Å². The zero-order chi connectivity index (χ0) is 20.8. The van der Waals surface area contributed by atoms with Gasteiger partial charge in [0, 0.05) is 27.4 Å². The average Bonchev–Trinajstić information content (AvgIpc) is 2.72. The van der Waals surface area contributed by atoms with Crippen LogP contribution in [0, 0.1) is 0 Å². The van der Waals surface area contributed by atoms with E-state index in [9.17, 15) is 0 Å². The molecule has 170 valence electrons. The Morgan fingerprint density at radius 2 is 0.821 bits per heavy atom. The van der Waals surface area contributed by atoms with Gasteiger partial charge in [-0.25, -0.2) is 0 Å². The van der Waals surface area contributed by atoms with Gasteiger partial charge in [0.2, 0.25) is 0 Å². The molecule has 0 aliphatic heterocycles. The van der Waals surface area contributed by atoms with Crippen LogP contribution < -0.4 is 0 Å². The van der Waals surface area contributed by atoms with Crippen molar-refractivity contribution in [2.75, 3.05) is 27.4 Å². The van der Waals surface area contributed by atoms with Gasteiger partial charge in [-0.1, -0.05) is 110 Å². The highest BCUT2D eigenvalue weighted by Crippen LogP contribution is 2.15. The third-order valence-corrected chi connectivity index (χ3v) is 7.55. The summed E-state index contributed by atoms with van der Waals surface area (Å²) in [4.78, 5) is 0. The van der Waals surface area contributed by atoms with Crippen molar-refractivity contribution in [3.63, 3.8) is 0 Å². The molecule has 0 aromatic rings. The van der Waals surface area contributed by atoms with Gasteiger partial charge in [-0.05, 0) is 13.3 Å². The van der Waals surface area contributed by atoms with Crippen LogP contribution >= 0.6 is 0 Å². The molecule has 0 rings (SSSR count). The zero-order valence-corrected chi connectivity index (χ0v) is 20.6. The molecular formula is C23H50O4Si. The Morgan fingerprint density at radius 3 is 1.14 bits per heavy atom. The molecule has 0 atom stereocenters. The maximum absolute atomic E-state index is 5.76. The Kier molecular flexibility index (Phi) is 21.8. The molecule has 0 fully saturated rings. The van der Waals surface area contributed by atoms with Gasteiger partial charge in [0.05, 0.1) is 0 Å². The maximum atomic E-state index is 5.76. The molecule has 0 unspecified atom stereocenters. The molecule has 0 spiro atoms. The summed E-state index contributed by atoms with van der Waals surface area (Å²) in [6.45, 7) is 5.42. The summed E-state index contributed by atoms with van der Waals surface area (Å²) in [6.07, 6.45) is 23.5. The lowest BCUT2D eigenvalue weighted by Crippen LogP contribution is -2.47. The van der Waals surface area contributed by atoms with Crippen LogP contribution in [0.25, 0.3) is 0 Å². The Morgan fingerprint density at radius 1 is 0.464 bits per heavy atom. The van der Waals surface area contributed by atoms with Crippen molar-refractivity contribution in [2.45, 2.75) is 123 Å². The molecule has 0 N–H and O–H groups in total. The lowest BCUT2D eigenvalue weighted by Gasteiger charge is -2.24. The zero-order valence-electron chi connectivity index (χ0n) is 19.6. The highest BCUT2D eigenvalue weighted by atomic mass is 28.4. The van der Waals surface area contributed by atoms with E-state index in [0.717, 1.165) is 6.42 Å². The van der Waals surface area contributed by atoms with Crippen molar-refractivity contribution in [1.29, 1.82) is 0 Å². The highest BCUT2D eigenvalue weighted by molar-refractivity contribution is 6.53. The van der Waals surface area contributed by atoms with Crippen LogP contribution in [0.5, 0.6) is 0 Å². The van der Waals surface area contributed by atoms with Crippen LogP contribution in [-0.4, -0.2) is 36.5 Å². The molecule has 0 aromatic carbocycles. The highest BCUT2D eigenvalue weighted by Gasteiger charge is 2.42. The van der Waals surface area contributed by atoms with E-state index in [4.69, 9.17) is 17.7 Å². The first kappa shape index (κ1) is 28.1. The SMILES string of the molecule is CCCCCCCCCCCCCCCCCCCO[Si](OC)(OC)OCC. The van der Waals surface area contributed by atoms with Crippen molar-refractivity contribution in [1.82, 2.24) is 0 Å². The van der Waals surface area contributed by atoms with E-state index in [0.29, 0.717) is 13.2 Å². The molecule has 28 heavy (non-hydrogen) atoms. The van der Waals surface area contributed by atoms with Gasteiger partial charge < -0.3 is 17.7 Å². The molecule has 0 saturated heterocycles. The average molecular weight is 419 g/mol. The van der Waals surface area contributed by atoms with Gasteiger partial charge in [0.25, 0.3) is 0 Å². The molecule has 0 radical (unpaired) electrons. The molecule has 0 saturated carbocycles. The monoisotopic (exact) mass is 418 g/mol. The molecule has 0 aliphatic carbocycles. The fourth-order valence-electron chi connectivity index (χ4n) is 3.56. The predicted octanol–water partition coefficient (Wildman–Crippen LogP) is 7.42. The van der Waals surface area contributed by atoms with E-state index in [-0.39, 0.29) is 0 Å². The van der Waals surface area contributed by atoms with E-state index in [1.165, 1.54) is 103 Å². The van der Waals surface area contributed by atoms with Gasteiger partial charge >= 0.3 is 9.05 Å². The minimum absolute atomic E-state index is 0.549. The lowest BCUT2D eigenvalue weighted by atomic mass is 10.0. The largest absolute Gasteiger partial charge is 0.679 e. The van der Waals surface area contributed by atoms with Gasteiger partial charge in [-0.2, -0.15) is 0 Å². The van der Waals surface area contributed by atoms with Crippen LogP contribution in [-0.2, 0) is 17.7 Å². The maximum Gasteiger partial charge on any atom is 0.679 e. The predicted molar refractivity (Wildman–Crippen MR) is 122 cm³/mol.